The molecule has 5 heteroatoms. The molecule has 1 aliphatic rings. The molecular formula is C16H18O4S. The topological polar surface area (TPSA) is 47.9 Å². The predicted molar refractivity (Wildman–Crippen MR) is 81.5 cm³/mol. The first-order valence-electron chi connectivity index (χ1n) is 6.88. The van der Waals surface area contributed by atoms with Gasteiger partial charge in [-0.15, -0.1) is 11.3 Å². The average molecular weight is 306 g/mol. The fraction of sp³-hybridized carbons (Fsp3) is 0.375. The number of thiophene rings is 1. The van der Waals surface area contributed by atoms with Gasteiger partial charge >= 0.3 is 0 Å². The number of benzene rings is 1. The van der Waals surface area contributed by atoms with Crippen LogP contribution in [0.25, 0.3) is 0 Å². The number of hydrogen-bond acceptors (Lipinski definition) is 5. The number of hydrogen-bond donors (Lipinski definition) is 1. The third-order valence-electron chi connectivity index (χ3n) is 3.46. The van der Waals surface area contributed by atoms with Gasteiger partial charge in [0.05, 0.1) is 25.2 Å². The van der Waals surface area contributed by atoms with Crippen LogP contribution in [0.4, 0.5) is 0 Å². The van der Waals surface area contributed by atoms with E-state index in [4.69, 9.17) is 14.2 Å². The van der Waals surface area contributed by atoms with Gasteiger partial charge in [0.25, 0.3) is 0 Å². The summed E-state index contributed by atoms with van der Waals surface area (Å²) < 4.78 is 16.7. The maximum atomic E-state index is 10.6. The number of ether oxygens (including phenoxy) is 3. The molecule has 0 amide bonds. The normalized spacial score (nSPS) is 18.9. The van der Waals surface area contributed by atoms with E-state index in [1.807, 2.05) is 29.6 Å². The monoisotopic (exact) mass is 306 g/mol. The lowest BCUT2D eigenvalue weighted by atomic mass is 10.1. The van der Waals surface area contributed by atoms with Crippen molar-refractivity contribution in [1.82, 2.24) is 0 Å². The van der Waals surface area contributed by atoms with E-state index >= 15 is 0 Å². The molecule has 21 heavy (non-hydrogen) atoms. The molecule has 2 unspecified atom stereocenters. The lowest BCUT2D eigenvalue weighted by Gasteiger charge is -2.14. The Hall–Kier alpha value is -1.72. The fourth-order valence-electron chi connectivity index (χ4n) is 2.27. The van der Waals surface area contributed by atoms with Crippen molar-refractivity contribution in [3.8, 4) is 17.2 Å². The summed E-state index contributed by atoms with van der Waals surface area (Å²) in [5, 5.41) is 12.5. The maximum absolute atomic E-state index is 10.6. The molecule has 0 aliphatic carbocycles. The van der Waals surface area contributed by atoms with Crippen molar-refractivity contribution in [2.45, 2.75) is 13.0 Å². The van der Waals surface area contributed by atoms with Crippen LogP contribution in [0.15, 0.2) is 29.6 Å². The van der Waals surface area contributed by atoms with Gasteiger partial charge in [-0.2, -0.15) is 0 Å². The molecule has 0 saturated carbocycles. The number of rotatable bonds is 3. The van der Waals surface area contributed by atoms with Crippen molar-refractivity contribution in [3.05, 3.63) is 40.1 Å². The van der Waals surface area contributed by atoms with Gasteiger partial charge in [0, 0.05) is 5.92 Å². The van der Waals surface area contributed by atoms with Crippen molar-refractivity contribution in [3.63, 3.8) is 0 Å². The molecule has 0 fully saturated rings. The summed E-state index contributed by atoms with van der Waals surface area (Å²) in [6.07, 6.45) is -0.727. The Labute approximate surface area is 127 Å². The van der Waals surface area contributed by atoms with Crippen LogP contribution in [0.1, 0.15) is 23.5 Å². The van der Waals surface area contributed by atoms with Crippen LogP contribution >= 0.6 is 11.3 Å². The Kier molecular flexibility index (Phi) is 4.03. The summed E-state index contributed by atoms with van der Waals surface area (Å²) in [5.41, 5.74) is 0.771. The third kappa shape index (κ3) is 2.84. The first kappa shape index (κ1) is 14.2. The van der Waals surface area contributed by atoms with E-state index in [2.05, 4.69) is 6.92 Å². The lowest BCUT2D eigenvalue weighted by molar-refractivity contribution is 0.217. The standard InChI is InChI=1S/C16H18O4S/c1-10-8-19-12-4-3-11(7-14(12)20-9-10)15(17)16-13(18-2)5-6-21-16/h3-7,10,15,17H,8-9H2,1-2H3. The van der Waals surface area contributed by atoms with Gasteiger partial charge in [-0.1, -0.05) is 13.0 Å². The van der Waals surface area contributed by atoms with Gasteiger partial charge in [0.15, 0.2) is 11.5 Å². The van der Waals surface area contributed by atoms with Crippen molar-refractivity contribution >= 4 is 11.3 Å². The van der Waals surface area contributed by atoms with Crippen molar-refractivity contribution in [1.29, 1.82) is 0 Å². The van der Waals surface area contributed by atoms with Crippen LogP contribution in [0.2, 0.25) is 0 Å². The summed E-state index contributed by atoms with van der Waals surface area (Å²) in [6, 6.07) is 7.42. The zero-order valence-electron chi connectivity index (χ0n) is 12.0. The van der Waals surface area contributed by atoms with Crippen LogP contribution < -0.4 is 14.2 Å². The molecule has 1 N–H and O–H groups in total. The van der Waals surface area contributed by atoms with E-state index in [9.17, 15) is 5.11 Å². The van der Waals surface area contributed by atoms with Gasteiger partial charge in [-0.3, -0.25) is 0 Å². The zero-order chi connectivity index (χ0) is 14.8. The fourth-order valence-corrected chi connectivity index (χ4v) is 3.14. The Morgan fingerprint density at radius 2 is 2.00 bits per heavy atom. The minimum atomic E-state index is -0.727. The van der Waals surface area contributed by atoms with Gasteiger partial charge in [-0.05, 0) is 29.1 Å². The number of aliphatic hydroxyl groups is 1. The van der Waals surface area contributed by atoms with E-state index < -0.39 is 6.10 Å². The first-order valence-corrected chi connectivity index (χ1v) is 7.76. The average Bonchev–Trinajstić information content (AvgIpc) is 2.91. The molecule has 112 valence electrons. The SMILES string of the molecule is COc1ccsc1C(O)c1ccc2c(c1)OCC(C)CO2. The van der Waals surface area contributed by atoms with Crippen molar-refractivity contribution in [2.24, 2.45) is 5.92 Å². The second-order valence-electron chi connectivity index (χ2n) is 5.19. The van der Waals surface area contributed by atoms with Gasteiger partial charge in [0.1, 0.15) is 11.9 Å². The molecule has 0 bridgehead atoms. The first-order chi connectivity index (χ1) is 10.2. The van der Waals surface area contributed by atoms with Crippen LogP contribution in [-0.4, -0.2) is 25.4 Å². The molecular weight excluding hydrogens is 288 g/mol. The largest absolute Gasteiger partial charge is 0.495 e. The lowest BCUT2D eigenvalue weighted by Crippen LogP contribution is -2.12. The van der Waals surface area contributed by atoms with Crippen LogP contribution in [0.5, 0.6) is 17.2 Å². The summed E-state index contributed by atoms with van der Waals surface area (Å²) in [6.45, 7) is 3.35. The maximum Gasteiger partial charge on any atom is 0.161 e. The Morgan fingerprint density at radius 1 is 1.24 bits per heavy atom. The van der Waals surface area contributed by atoms with E-state index in [0.29, 0.717) is 30.6 Å². The summed E-state index contributed by atoms with van der Waals surface area (Å²) in [5.74, 6) is 2.47. The summed E-state index contributed by atoms with van der Waals surface area (Å²) >= 11 is 1.47. The van der Waals surface area contributed by atoms with Gasteiger partial charge in [0.2, 0.25) is 0 Å². The van der Waals surface area contributed by atoms with Gasteiger partial charge in [-0.25, -0.2) is 0 Å². The molecule has 0 radical (unpaired) electrons. The molecule has 2 aromatic rings. The Balaban J connectivity index is 1.90. The highest BCUT2D eigenvalue weighted by molar-refractivity contribution is 7.10. The highest BCUT2D eigenvalue weighted by atomic mass is 32.1. The summed E-state index contributed by atoms with van der Waals surface area (Å²) in [4.78, 5) is 0.792. The van der Waals surface area contributed by atoms with Gasteiger partial charge < -0.3 is 19.3 Å². The molecule has 2 heterocycles. The van der Waals surface area contributed by atoms with Crippen LogP contribution in [-0.2, 0) is 0 Å². The Bertz CT molecular complexity index is 622. The smallest absolute Gasteiger partial charge is 0.161 e. The number of aliphatic hydroxyl groups excluding tert-OH is 1. The highest BCUT2D eigenvalue weighted by Crippen LogP contribution is 2.38. The molecule has 1 aromatic heterocycles. The molecule has 2 atom stereocenters. The van der Waals surface area contributed by atoms with Crippen LogP contribution in [0, 0.1) is 5.92 Å². The van der Waals surface area contributed by atoms with Crippen molar-refractivity contribution < 1.29 is 19.3 Å². The molecule has 0 spiro atoms. The molecule has 4 nitrogen and oxygen atoms in total. The highest BCUT2D eigenvalue weighted by Gasteiger charge is 2.21. The minimum Gasteiger partial charge on any atom is -0.495 e. The van der Waals surface area contributed by atoms with E-state index in [-0.39, 0.29) is 0 Å². The third-order valence-corrected chi connectivity index (χ3v) is 4.41. The second-order valence-corrected chi connectivity index (χ2v) is 6.14. The molecule has 0 saturated heterocycles. The van der Waals surface area contributed by atoms with E-state index in [0.717, 1.165) is 16.2 Å². The number of fused-ring (bicyclic) bond motifs is 1. The van der Waals surface area contributed by atoms with E-state index in [1.54, 1.807) is 7.11 Å². The minimum absolute atomic E-state index is 0.350. The van der Waals surface area contributed by atoms with Crippen molar-refractivity contribution in [2.75, 3.05) is 20.3 Å². The predicted octanol–water partition coefficient (Wildman–Crippen LogP) is 3.25. The van der Waals surface area contributed by atoms with Crippen LogP contribution in [0.3, 0.4) is 0 Å². The quantitative estimate of drug-likeness (QED) is 0.945. The number of methoxy groups -OCH3 is 1. The summed E-state index contributed by atoms with van der Waals surface area (Å²) in [7, 11) is 1.60. The molecule has 1 aromatic carbocycles. The zero-order valence-corrected chi connectivity index (χ0v) is 12.9. The Morgan fingerprint density at radius 3 is 2.76 bits per heavy atom. The molecule has 3 rings (SSSR count). The second kappa shape index (κ2) is 5.95. The molecule has 1 aliphatic heterocycles. The van der Waals surface area contributed by atoms with E-state index in [1.165, 1.54) is 11.3 Å².